The second kappa shape index (κ2) is 4.77. The van der Waals surface area contributed by atoms with Gasteiger partial charge in [0.1, 0.15) is 6.10 Å². The van der Waals surface area contributed by atoms with Crippen molar-refractivity contribution in [3.63, 3.8) is 0 Å². The molecule has 1 rings (SSSR count). The number of hydrogen-bond acceptors (Lipinski definition) is 4. The summed E-state index contributed by atoms with van der Waals surface area (Å²) in [7, 11) is 0. The van der Waals surface area contributed by atoms with Gasteiger partial charge in [0, 0.05) is 5.57 Å². The highest BCUT2D eigenvalue weighted by Crippen LogP contribution is 2.23. The minimum atomic E-state index is -0.559. The molecule has 1 aliphatic heterocycles. The van der Waals surface area contributed by atoms with E-state index in [-0.39, 0.29) is 12.1 Å². The highest BCUT2D eigenvalue weighted by atomic mass is 16.7. The van der Waals surface area contributed by atoms with Gasteiger partial charge >= 0.3 is 5.97 Å². The van der Waals surface area contributed by atoms with Crippen LogP contribution in [-0.2, 0) is 19.0 Å². The van der Waals surface area contributed by atoms with Gasteiger partial charge in [0.05, 0.1) is 13.2 Å². The SMILES string of the molecule is CCOC(=O)/C(C)=C/C1COC(C)(C)O1. The normalized spacial score (nSPS) is 25.3. The largest absolute Gasteiger partial charge is 0.463 e. The zero-order chi connectivity index (χ0) is 11.5. The van der Waals surface area contributed by atoms with Crippen molar-refractivity contribution >= 4 is 5.97 Å². The van der Waals surface area contributed by atoms with Crippen molar-refractivity contribution in [3.8, 4) is 0 Å². The highest BCUT2D eigenvalue weighted by Gasteiger charge is 2.31. The van der Waals surface area contributed by atoms with E-state index in [1.54, 1.807) is 19.9 Å². The lowest BCUT2D eigenvalue weighted by Crippen LogP contribution is -2.21. The molecule has 1 heterocycles. The number of carbonyl (C=O) groups excluding carboxylic acids is 1. The average Bonchev–Trinajstić information content (AvgIpc) is 2.46. The maximum Gasteiger partial charge on any atom is 0.333 e. The van der Waals surface area contributed by atoms with E-state index < -0.39 is 5.79 Å². The van der Waals surface area contributed by atoms with Crippen molar-refractivity contribution in [1.82, 2.24) is 0 Å². The third kappa shape index (κ3) is 3.64. The molecule has 4 heteroatoms. The van der Waals surface area contributed by atoms with Gasteiger partial charge in [-0.1, -0.05) is 0 Å². The molecule has 0 bridgehead atoms. The summed E-state index contributed by atoms with van der Waals surface area (Å²) < 4.78 is 15.8. The standard InChI is InChI=1S/C11H18O4/c1-5-13-10(12)8(2)6-9-7-14-11(3,4)15-9/h6,9H,5,7H2,1-4H3/b8-6+. The van der Waals surface area contributed by atoms with Crippen LogP contribution in [0.25, 0.3) is 0 Å². The van der Waals surface area contributed by atoms with Crippen LogP contribution in [0.4, 0.5) is 0 Å². The first-order valence-corrected chi connectivity index (χ1v) is 5.12. The fourth-order valence-corrected chi connectivity index (χ4v) is 1.39. The Morgan fingerprint density at radius 1 is 1.60 bits per heavy atom. The van der Waals surface area contributed by atoms with Crippen molar-refractivity contribution in [2.24, 2.45) is 0 Å². The fraction of sp³-hybridized carbons (Fsp3) is 0.727. The van der Waals surface area contributed by atoms with Crippen molar-refractivity contribution in [3.05, 3.63) is 11.6 Å². The molecule has 0 spiro atoms. The van der Waals surface area contributed by atoms with Gasteiger partial charge in [-0.3, -0.25) is 0 Å². The lowest BCUT2D eigenvalue weighted by atomic mass is 10.2. The second-order valence-corrected chi connectivity index (χ2v) is 3.94. The van der Waals surface area contributed by atoms with Crippen molar-refractivity contribution in [1.29, 1.82) is 0 Å². The van der Waals surface area contributed by atoms with E-state index in [9.17, 15) is 4.79 Å². The summed E-state index contributed by atoms with van der Waals surface area (Å²) in [6.07, 6.45) is 1.58. The Kier molecular flexibility index (Phi) is 3.88. The van der Waals surface area contributed by atoms with Gasteiger partial charge in [-0.05, 0) is 33.8 Å². The molecule has 0 aromatic heterocycles. The topological polar surface area (TPSA) is 44.8 Å². The molecule has 15 heavy (non-hydrogen) atoms. The quantitative estimate of drug-likeness (QED) is 0.529. The summed E-state index contributed by atoms with van der Waals surface area (Å²) in [6, 6.07) is 0. The molecule has 0 aromatic carbocycles. The number of carbonyl (C=O) groups is 1. The molecule has 86 valence electrons. The minimum absolute atomic E-state index is 0.163. The second-order valence-electron chi connectivity index (χ2n) is 3.94. The van der Waals surface area contributed by atoms with Crippen LogP contribution < -0.4 is 0 Å². The minimum Gasteiger partial charge on any atom is -0.463 e. The summed E-state index contributed by atoms with van der Waals surface area (Å²) in [5, 5.41) is 0. The van der Waals surface area contributed by atoms with Crippen LogP contribution in [0.2, 0.25) is 0 Å². The molecule has 1 aliphatic rings. The van der Waals surface area contributed by atoms with Crippen LogP contribution in [0, 0.1) is 0 Å². The predicted molar refractivity (Wildman–Crippen MR) is 55.3 cm³/mol. The van der Waals surface area contributed by atoms with Gasteiger partial charge in [-0.15, -0.1) is 0 Å². The molecule has 0 saturated carbocycles. The van der Waals surface area contributed by atoms with Crippen LogP contribution in [0.15, 0.2) is 11.6 Å². The number of esters is 1. The van der Waals surface area contributed by atoms with Crippen LogP contribution in [-0.4, -0.2) is 31.1 Å². The summed E-state index contributed by atoms with van der Waals surface area (Å²) in [5.41, 5.74) is 0.558. The van der Waals surface area contributed by atoms with E-state index in [0.717, 1.165) is 0 Å². The average molecular weight is 214 g/mol. The summed E-state index contributed by atoms with van der Waals surface area (Å²) >= 11 is 0. The predicted octanol–water partition coefficient (Wildman–Crippen LogP) is 1.65. The zero-order valence-corrected chi connectivity index (χ0v) is 9.70. The molecule has 0 N–H and O–H groups in total. The number of ether oxygens (including phenoxy) is 3. The summed E-state index contributed by atoms with van der Waals surface area (Å²) in [4.78, 5) is 11.3. The molecule has 0 aromatic rings. The van der Waals surface area contributed by atoms with E-state index in [1.165, 1.54) is 0 Å². The molecule has 1 saturated heterocycles. The summed E-state index contributed by atoms with van der Waals surface area (Å²) in [5.74, 6) is -0.860. The monoisotopic (exact) mass is 214 g/mol. The molecular weight excluding hydrogens is 196 g/mol. The van der Waals surface area contributed by atoms with E-state index in [4.69, 9.17) is 14.2 Å². The first kappa shape index (κ1) is 12.2. The van der Waals surface area contributed by atoms with Crippen LogP contribution >= 0.6 is 0 Å². The Morgan fingerprint density at radius 2 is 2.27 bits per heavy atom. The molecule has 0 amide bonds. The van der Waals surface area contributed by atoms with Gasteiger partial charge in [-0.25, -0.2) is 4.79 Å². The molecule has 1 fully saturated rings. The van der Waals surface area contributed by atoms with Gasteiger partial charge in [0.15, 0.2) is 5.79 Å². The first-order chi connectivity index (χ1) is 6.94. The maximum absolute atomic E-state index is 11.3. The lowest BCUT2D eigenvalue weighted by Gasteiger charge is -2.15. The van der Waals surface area contributed by atoms with Crippen LogP contribution in [0.5, 0.6) is 0 Å². The van der Waals surface area contributed by atoms with E-state index in [2.05, 4.69) is 0 Å². The number of rotatable bonds is 3. The zero-order valence-electron chi connectivity index (χ0n) is 9.70. The molecule has 1 unspecified atom stereocenters. The van der Waals surface area contributed by atoms with E-state index >= 15 is 0 Å². The van der Waals surface area contributed by atoms with E-state index in [0.29, 0.717) is 18.8 Å². The lowest BCUT2D eigenvalue weighted by molar-refractivity contribution is -0.139. The smallest absolute Gasteiger partial charge is 0.333 e. The van der Waals surface area contributed by atoms with Gasteiger partial charge < -0.3 is 14.2 Å². The summed E-state index contributed by atoms with van der Waals surface area (Å²) in [6.45, 7) is 8.05. The van der Waals surface area contributed by atoms with Crippen LogP contribution in [0.1, 0.15) is 27.7 Å². The third-order valence-electron chi connectivity index (χ3n) is 2.06. The van der Waals surface area contributed by atoms with E-state index in [1.807, 2.05) is 13.8 Å². The van der Waals surface area contributed by atoms with Gasteiger partial charge in [0.25, 0.3) is 0 Å². The molecule has 4 nitrogen and oxygen atoms in total. The first-order valence-electron chi connectivity index (χ1n) is 5.12. The number of hydrogen-bond donors (Lipinski definition) is 0. The van der Waals surface area contributed by atoms with Crippen molar-refractivity contribution in [2.45, 2.75) is 39.6 Å². The van der Waals surface area contributed by atoms with Gasteiger partial charge in [0.2, 0.25) is 0 Å². The highest BCUT2D eigenvalue weighted by molar-refractivity contribution is 5.87. The molecule has 1 atom stereocenters. The van der Waals surface area contributed by atoms with Crippen molar-refractivity contribution in [2.75, 3.05) is 13.2 Å². The fourth-order valence-electron chi connectivity index (χ4n) is 1.39. The Balaban J connectivity index is 2.53. The molecule has 0 radical (unpaired) electrons. The van der Waals surface area contributed by atoms with Gasteiger partial charge in [-0.2, -0.15) is 0 Å². The Hall–Kier alpha value is -0.870. The van der Waals surface area contributed by atoms with Crippen molar-refractivity contribution < 1.29 is 19.0 Å². The third-order valence-corrected chi connectivity index (χ3v) is 2.06. The Morgan fingerprint density at radius 3 is 2.73 bits per heavy atom. The Bertz CT molecular complexity index is 268. The maximum atomic E-state index is 11.3. The van der Waals surface area contributed by atoms with Crippen LogP contribution in [0.3, 0.4) is 0 Å². The molecular formula is C11H18O4. The molecule has 0 aliphatic carbocycles. The Labute approximate surface area is 90.2 Å².